The lowest BCUT2D eigenvalue weighted by Crippen LogP contribution is -2.42. The Balaban J connectivity index is 1.44. The molecule has 1 saturated carbocycles. The summed E-state index contributed by atoms with van der Waals surface area (Å²) in [7, 11) is 0. The van der Waals surface area contributed by atoms with Crippen LogP contribution in [-0.4, -0.2) is 48.5 Å². The largest absolute Gasteiger partial charge is 0.340 e. The Kier molecular flexibility index (Phi) is 5.56. The highest BCUT2D eigenvalue weighted by molar-refractivity contribution is 7.99. The van der Waals surface area contributed by atoms with Crippen LogP contribution < -0.4 is 5.56 Å². The smallest absolute Gasteiger partial charge is 0.265 e. The molecule has 0 spiro atoms. The van der Waals surface area contributed by atoms with Gasteiger partial charge in [0.25, 0.3) is 5.56 Å². The fourth-order valence-electron chi connectivity index (χ4n) is 4.89. The molecule has 1 atom stereocenters. The van der Waals surface area contributed by atoms with Crippen molar-refractivity contribution in [2.24, 2.45) is 0 Å². The van der Waals surface area contributed by atoms with Crippen LogP contribution in [0.25, 0.3) is 16.7 Å². The molecule has 5 rings (SSSR count). The maximum Gasteiger partial charge on any atom is 0.265 e. The SMILES string of the molecule is CCN(C(=O)CC1CSc2nc3c(cnn3-c3ccccc3)c(=O)n21)C1CCCCC1. The van der Waals surface area contributed by atoms with E-state index >= 15 is 0 Å². The zero-order chi connectivity index (χ0) is 21.4. The quantitative estimate of drug-likeness (QED) is 0.568. The highest BCUT2D eigenvalue weighted by atomic mass is 32.2. The van der Waals surface area contributed by atoms with Crippen molar-refractivity contribution in [3.8, 4) is 5.69 Å². The molecule has 1 amide bonds. The number of carbonyl (C=O) groups is 1. The number of fused-ring (bicyclic) bond motifs is 2. The van der Waals surface area contributed by atoms with Crippen molar-refractivity contribution in [2.45, 2.75) is 62.7 Å². The molecule has 3 aromatic rings. The second-order valence-corrected chi connectivity index (χ2v) is 9.33. The first-order valence-corrected chi connectivity index (χ1v) is 12.1. The molecule has 0 N–H and O–H groups in total. The van der Waals surface area contributed by atoms with Crippen LogP contribution in [0.4, 0.5) is 0 Å². The highest BCUT2D eigenvalue weighted by Crippen LogP contribution is 2.34. The number of thioether (sulfide) groups is 1. The Hall–Kier alpha value is -2.61. The van der Waals surface area contributed by atoms with Crippen molar-refractivity contribution in [1.29, 1.82) is 0 Å². The Morgan fingerprint density at radius 2 is 1.97 bits per heavy atom. The van der Waals surface area contributed by atoms with Gasteiger partial charge in [0.2, 0.25) is 5.91 Å². The molecule has 3 heterocycles. The summed E-state index contributed by atoms with van der Waals surface area (Å²) in [5, 5.41) is 5.58. The average Bonchev–Trinajstić information content (AvgIpc) is 3.41. The van der Waals surface area contributed by atoms with Gasteiger partial charge in [0.1, 0.15) is 5.39 Å². The van der Waals surface area contributed by atoms with Crippen LogP contribution in [0.2, 0.25) is 0 Å². The number of hydrogen-bond acceptors (Lipinski definition) is 5. The molecule has 7 nitrogen and oxygen atoms in total. The summed E-state index contributed by atoms with van der Waals surface area (Å²) in [6.45, 7) is 2.78. The van der Waals surface area contributed by atoms with E-state index in [2.05, 4.69) is 12.0 Å². The Morgan fingerprint density at radius 1 is 1.19 bits per heavy atom. The highest BCUT2D eigenvalue weighted by Gasteiger charge is 2.32. The third kappa shape index (κ3) is 3.67. The van der Waals surface area contributed by atoms with Gasteiger partial charge in [-0.3, -0.25) is 14.2 Å². The van der Waals surface area contributed by atoms with Crippen molar-refractivity contribution in [1.82, 2.24) is 24.2 Å². The first-order chi connectivity index (χ1) is 15.2. The van der Waals surface area contributed by atoms with Crippen molar-refractivity contribution in [3.63, 3.8) is 0 Å². The van der Waals surface area contributed by atoms with Gasteiger partial charge in [-0.05, 0) is 31.9 Å². The van der Waals surface area contributed by atoms with Crippen LogP contribution >= 0.6 is 11.8 Å². The van der Waals surface area contributed by atoms with E-state index in [1.54, 1.807) is 27.2 Å². The van der Waals surface area contributed by atoms with Crippen molar-refractivity contribution in [2.75, 3.05) is 12.3 Å². The maximum absolute atomic E-state index is 13.3. The number of amides is 1. The lowest BCUT2D eigenvalue weighted by Gasteiger charge is -2.34. The van der Waals surface area contributed by atoms with Gasteiger partial charge in [-0.2, -0.15) is 5.10 Å². The van der Waals surface area contributed by atoms with E-state index in [1.165, 1.54) is 19.3 Å². The summed E-state index contributed by atoms with van der Waals surface area (Å²) in [6.07, 6.45) is 7.79. The normalized spacial score (nSPS) is 18.9. The molecule has 1 fully saturated rings. The lowest BCUT2D eigenvalue weighted by molar-refractivity contribution is -0.134. The van der Waals surface area contributed by atoms with E-state index in [1.807, 2.05) is 35.2 Å². The first kappa shape index (κ1) is 20.3. The number of nitrogens with zero attached hydrogens (tertiary/aromatic N) is 5. The summed E-state index contributed by atoms with van der Waals surface area (Å²) in [5.41, 5.74) is 1.33. The molecule has 0 radical (unpaired) electrons. The molecule has 1 unspecified atom stereocenters. The minimum Gasteiger partial charge on any atom is -0.340 e. The van der Waals surface area contributed by atoms with Gasteiger partial charge in [0, 0.05) is 24.8 Å². The second kappa shape index (κ2) is 8.49. The number of hydrogen-bond donors (Lipinski definition) is 0. The fourth-order valence-corrected chi connectivity index (χ4v) is 6.02. The number of rotatable bonds is 5. The molecule has 8 heteroatoms. The molecule has 0 saturated heterocycles. The number of benzene rings is 1. The van der Waals surface area contributed by atoms with Gasteiger partial charge in [-0.15, -0.1) is 0 Å². The van der Waals surface area contributed by atoms with Crippen LogP contribution in [0.3, 0.4) is 0 Å². The summed E-state index contributed by atoms with van der Waals surface area (Å²) < 4.78 is 3.43. The summed E-state index contributed by atoms with van der Waals surface area (Å²) in [5.74, 6) is 0.849. The minimum absolute atomic E-state index is 0.106. The summed E-state index contributed by atoms with van der Waals surface area (Å²) in [4.78, 5) is 33.3. The molecule has 0 bridgehead atoms. The zero-order valence-corrected chi connectivity index (χ0v) is 18.6. The molecule has 1 aliphatic heterocycles. The average molecular weight is 438 g/mol. The first-order valence-electron chi connectivity index (χ1n) is 11.2. The van der Waals surface area contributed by atoms with Crippen LogP contribution in [0, 0.1) is 0 Å². The number of para-hydroxylation sites is 1. The van der Waals surface area contributed by atoms with E-state index in [4.69, 9.17) is 4.98 Å². The number of carbonyl (C=O) groups excluding carboxylic acids is 1. The third-order valence-corrected chi connectivity index (χ3v) is 7.56. The van der Waals surface area contributed by atoms with E-state index in [-0.39, 0.29) is 17.5 Å². The Morgan fingerprint density at radius 3 is 2.71 bits per heavy atom. The lowest BCUT2D eigenvalue weighted by atomic mass is 9.94. The zero-order valence-electron chi connectivity index (χ0n) is 17.7. The summed E-state index contributed by atoms with van der Waals surface area (Å²) in [6, 6.07) is 9.89. The van der Waals surface area contributed by atoms with Crippen molar-refractivity contribution < 1.29 is 4.79 Å². The predicted octanol–water partition coefficient (Wildman–Crippen LogP) is 3.80. The van der Waals surface area contributed by atoms with E-state index in [0.717, 1.165) is 25.1 Å². The van der Waals surface area contributed by atoms with Crippen LogP contribution in [0.1, 0.15) is 51.5 Å². The molecule has 1 aliphatic carbocycles. The molecule has 162 valence electrons. The second-order valence-electron chi connectivity index (χ2n) is 8.34. The van der Waals surface area contributed by atoms with Crippen molar-refractivity contribution >= 4 is 28.7 Å². The van der Waals surface area contributed by atoms with Gasteiger partial charge in [0.05, 0.1) is 17.9 Å². The Labute approximate surface area is 185 Å². The van der Waals surface area contributed by atoms with Gasteiger partial charge < -0.3 is 4.90 Å². The molecular weight excluding hydrogens is 410 g/mol. The number of aromatic nitrogens is 4. The van der Waals surface area contributed by atoms with E-state index in [9.17, 15) is 9.59 Å². The van der Waals surface area contributed by atoms with Gasteiger partial charge in [-0.25, -0.2) is 9.67 Å². The van der Waals surface area contributed by atoms with E-state index in [0.29, 0.717) is 34.4 Å². The van der Waals surface area contributed by atoms with Gasteiger partial charge in [-0.1, -0.05) is 49.2 Å². The summed E-state index contributed by atoms with van der Waals surface area (Å²) >= 11 is 1.55. The van der Waals surface area contributed by atoms with Crippen LogP contribution in [0.15, 0.2) is 46.5 Å². The third-order valence-electron chi connectivity index (χ3n) is 6.46. The molecule has 2 aromatic heterocycles. The molecule has 1 aromatic carbocycles. The van der Waals surface area contributed by atoms with Gasteiger partial charge in [0.15, 0.2) is 10.8 Å². The van der Waals surface area contributed by atoms with Crippen molar-refractivity contribution in [3.05, 3.63) is 46.9 Å². The monoisotopic (exact) mass is 437 g/mol. The van der Waals surface area contributed by atoms with Crippen LogP contribution in [0.5, 0.6) is 0 Å². The molecule has 2 aliphatic rings. The maximum atomic E-state index is 13.3. The topological polar surface area (TPSA) is 73.0 Å². The molecule has 31 heavy (non-hydrogen) atoms. The van der Waals surface area contributed by atoms with E-state index < -0.39 is 0 Å². The van der Waals surface area contributed by atoms with Gasteiger partial charge >= 0.3 is 0 Å². The molecular formula is C23H27N5O2S. The Bertz CT molecular complexity index is 1150. The standard InChI is InChI=1S/C23H27N5O2S/c1-2-26(16-9-5-3-6-10-16)20(29)13-18-15-31-23-25-21-19(22(30)27(18)23)14-24-28(21)17-11-7-4-8-12-17/h4,7-8,11-12,14,16,18H,2-3,5-6,9-10,13,15H2,1H3. The minimum atomic E-state index is -0.158. The fraction of sp³-hybridized carbons (Fsp3) is 0.478. The predicted molar refractivity (Wildman–Crippen MR) is 122 cm³/mol. The van der Waals surface area contributed by atoms with Crippen LogP contribution in [-0.2, 0) is 4.79 Å².